The van der Waals surface area contributed by atoms with Crippen LogP contribution in [0.3, 0.4) is 0 Å². The number of hydrogen-bond acceptors (Lipinski definition) is 5. The van der Waals surface area contributed by atoms with E-state index in [0.29, 0.717) is 0 Å². The quantitative estimate of drug-likeness (QED) is 0.517. The van der Waals surface area contributed by atoms with E-state index >= 15 is 0 Å². The first-order chi connectivity index (χ1) is 14.1. The summed E-state index contributed by atoms with van der Waals surface area (Å²) in [6.45, 7) is 3.29. The van der Waals surface area contributed by atoms with Crippen LogP contribution in [0.1, 0.15) is 43.7 Å². The van der Waals surface area contributed by atoms with Crippen LogP contribution >= 0.6 is 11.9 Å². The first kappa shape index (κ1) is 18.0. The van der Waals surface area contributed by atoms with Crippen molar-refractivity contribution >= 4 is 35.6 Å². The second-order valence-electron chi connectivity index (χ2n) is 8.64. The van der Waals surface area contributed by atoms with Gasteiger partial charge < -0.3 is 14.7 Å². The molecule has 148 valence electrons. The van der Waals surface area contributed by atoms with Gasteiger partial charge in [-0.2, -0.15) is 0 Å². The number of nitrogens with zero attached hydrogens (tertiary/aromatic N) is 2. The van der Waals surface area contributed by atoms with E-state index < -0.39 is 12.7 Å². The van der Waals surface area contributed by atoms with Crippen molar-refractivity contribution in [1.29, 1.82) is 0 Å². The highest BCUT2D eigenvalue weighted by molar-refractivity contribution is 7.97. The maximum atomic E-state index is 10.6. The minimum absolute atomic E-state index is 0.140. The van der Waals surface area contributed by atoms with Gasteiger partial charge in [0.15, 0.2) is 0 Å². The van der Waals surface area contributed by atoms with E-state index in [2.05, 4.69) is 51.5 Å². The van der Waals surface area contributed by atoms with E-state index in [1.54, 1.807) is 6.20 Å². The third kappa shape index (κ3) is 2.58. The molecule has 2 aliphatic heterocycles. The highest BCUT2D eigenvalue weighted by Gasteiger charge is 2.61. The number of benzene rings is 1. The van der Waals surface area contributed by atoms with E-state index in [0.717, 1.165) is 54.3 Å². The molecule has 0 bridgehead atoms. The predicted molar refractivity (Wildman–Crippen MR) is 116 cm³/mol. The lowest BCUT2D eigenvalue weighted by atomic mass is 9.77. The average molecular weight is 405 g/mol. The lowest BCUT2D eigenvalue weighted by Crippen LogP contribution is -2.55. The van der Waals surface area contributed by atoms with Crippen molar-refractivity contribution in [2.45, 2.75) is 55.1 Å². The molecule has 2 unspecified atom stereocenters. The van der Waals surface area contributed by atoms with Gasteiger partial charge in [0.1, 0.15) is 5.65 Å². The molecule has 1 aliphatic carbocycles. The lowest BCUT2D eigenvalue weighted by molar-refractivity contribution is 0.0240. The highest BCUT2D eigenvalue weighted by Crippen LogP contribution is 2.59. The summed E-state index contributed by atoms with van der Waals surface area (Å²) in [6.07, 6.45) is 8.91. The molecule has 2 atom stereocenters. The molecule has 0 amide bonds. The fourth-order valence-corrected chi connectivity index (χ4v) is 6.65. The minimum Gasteiger partial charge on any atom is -0.423 e. The van der Waals surface area contributed by atoms with Crippen LogP contribution in [0.2, 0.25) is 0 Å². The molecule has 2 spiro atoms. The number of pyridine rings is 1. The predicted octanol–water partition coefficient (Wildman–Crippen LogP) is 3.37. The van der Waals surface area contributed by atoms with Crippen LogP contribution in [0.25, 0.3) is 11.0 Å². The minimum atomic E-state index is -0.880. The molecule has 4 heterocycles. The van der Waals surface area contributed by atoms with E-state index in [1.807, 2.05) is 18.1 Å². The maximum Gasteiger partial charge on any atom is 0.493 e. The Labute approximate surface area is 175 Å². The molecule has 0 radical (unpaired) electrons. The Hall–Kier alpha value is -1.80. The normalized spacial score (nSPS) is 28.6. The van der Waals surface area contributed by atoms with Gasteiger partial charge in [-0.05, 0) is 73.4 Å². The SMILES string of the molecule is CCc1ccc(SN2CCC23CCC2(C3)OB(O)c3cnc4[nH]ccc4c32)cc1. The summed E-state index contributed by atoms with van der Waals surface area (Å²) < 4.78 is 8.83. The Balaban J connectivity index is 1.31. The summed E-state index contributed by atoms with van der Waals surface area (Å²) in [7, 11) is -0.880. The van der Waals surface area contributed by atoms with Gasteiger partial charge in [0.2, 0.25) is 0 Å². The zero-order valence-electron chi connectivity index (χ0n) is 16.5. The van der Waals surface area contributed by atoms with Gasteiger partial charge in [0.05, 0.1) is 5.60 Å². The summed E-state index contributed by atoms with van der Waals surface area (Å²) in [6, 6.07) is 11.0. The molecule has 7 heteroatoms. The molecule has 2 N–H and O–H groups in total. The van der Waals surface area contributed by atoms with Crippen LogP contribution in [0, 0.1) is 0 Å². The number of nitrogens with one attached hydrogen (secondary N) is 1. The number of aromatic nitrogens is 2. The molecule has 6 rings (SSSR count). The molecular formula is C22H24BN3O2S. The van der Waals surface area contributed by atoms with E-state index in [1.165, 1.54) is 16.9 Å². The lowest BCUT2D eigenvalue weighted by Gasteiger charge is -2.50. The maximum absolute atomic E-state index is 10.6. The summed E-state index contributed by atoms with van der Waals surface area (Å²) in [5, 5.41) is 11.7. The van der Waals surface area contributed by atoms with Crippen LogP contribution in [-0.2, 0) is 16.7 Å². The van der Waals surface area contributed by atoms with Gasteiger partial charge in [-0.1, -0.05) is 19.1 Å². The van der Waals surface area contributed by atoms with Gasteiger partial charge in [-0.25, -0.2) is 9.29 Å². The number of fused-ring (bicyclic) bond motifs is 4. The summed E-state index contributed by atoms with van der Waals surface area (Å²) in [4.78, 5) is 8.97. The van der Waals surface area contributed by atoms with E-state index in [9.17, 15) is 5.02 Å². The monoisotopic (exact) mass is 405 g/mol. The average Bonchev–Trinajstić information content (AvgIpc) is 3.43. The number of H-pyrrole nitrogens is 1. The first-order valence-electron chi connectivity index (χ1n) is 10.5. The number of aromatic amines is 1. The summed E-state index contributed by atoms with van der Waals surface area (Å²) >= 11 is 1.87. The Bertz CT molecular complexity index is 1090. The van der Waals surface area contributed by atoms with Gasteiger partial charge in [-0.15, -0.1) is 0 Å². The molecule has 1 saturated heterocycles. The second kappa shape index (κ2) is 6.35. The largest absolute Gasteiger partial charge is 0.493 e. The zero-order valence-corrected chi connectivity index (χ0v) is 17.3. The number of rotatable bonds is 3. The van der Waals surface area contributed by atoms with Crippen LogP contribution in [-0.4, -0.2) is 38.5 Å². The third-order valence-electron chi connectivity index (χ3n) is 7.14. The molecule has 1 aromatic carbocycles. The van der Waals surface area contributed by atoms with Crippen molar-refractivity contribution in [1.82, 2.24) is 14.3 Å². The Kier molecular flexibility index (Phi) is 3.94. The second-order valence-corrected chi connectivity index (χ2v) is 9.73. The van der Waals surface area contributed by atoms with Crippen LogP contribution in [0.15, 0.2) is 47.6 Å². The van der Waals surface area contributed by atoms with Gasteiger partial charge in [0.25, 0.3) is 0 Å². The van der Waals surface area contributed by atoms with Gasteiger partial charge in [0, 0.05) is 40.2 Å². The standard InChI is InChI=1S/C22H24BN3O2S/c1-2-15-3-5-16(6-4-15)29-26-12-10-21(26)8-9-22(14-21)19-17-7-11-24-20(17)25-13-18(19)23(27)28-22/h3-7,11,13,27H,2,8-10,12,14H2,1H3,(H,24,25). The third-order valence-corrected chi connectivity index (χ3v) is 8.41. The molecular weight excluding hydrogens is 381 g/mol. The molecule has 3 aromatic rings. The highest BCUT2D eigenvalue weighted by atomic mass is 32.2. The van der Waals surface area contributed by atoms with E-state index in [-0.39, 0.29) is 5.54 Å². The zero-order chi connectivity index (χ0) is 19.6. The van der Waals surface area contributed by atoms with Crippen molar-refractivity contribution in [3.63, 3.8) is 0 Å². The molecule has 2 fully saturated rings. The fraction of sp³-hybridized carbons (Fsp3) is 0.409. The van der Waals surface area contributed by atoms with Crippen molar-refractivity contribution in [2.24, 2.45) is 0 Å². The molecule has 2 aromatic heterocycles. The van der Waals surface area contributed by atoms with Crippen molar-refractivity contribution < 1.29 is 9.68 Å². The fourth-order valence-electron chi connectivity index (χ4n) is 5.51. The summed E-state index contributed by atoms with van der Waals surface area (Å²) in [5.74, 6) is 0. The van der Waals surface area contributed by atoms with Gasteiger partial charge >= 0.3 is 7.12 Å². The number of hydrogen-bond donors (Lipinski definition) is 2. The van der Waals surface area contributed by atoms with Gasteiger partial charge in [-0.3, -0.25) is 0 Å². The Morgan fingerprint density at radius 1 is 1.24 bits per heavy atom. The summed E-state index contributed by atoms with van der Waals surface area (Å²) in [5.41, 5.74) is 3.96. The smallest absolute Gasteiger partial charge is 0.423 e. The molecule has 1 saturated carbocycles. The van der Waals surface area contributed by atoms with Crippen molar-refractivity contribution in [2.75, 3.05) is 6.54 Å². The van der Waals surface area contributed by atoms with Crippen LogP contribution in [0.4, 0.5) is 0 Å². The Morgan fingerprint density at radius 3 is 2.86 bits per heavy atom. The van der Waals surface area contributed by atoms with Crippen molar-refractivity contribution in [3.8, 4) is 0 Å². The first-order valence-corrected chi connectivity index (χ1v) is 11.3. The van der Waals surface area contributed by atoms with Crippen LogP contribution < -0.4 is 5.46 Å². The molecule has 29 heavy (non-hydrogen) atoms. The van der Waals surface area contributed by atoms with E-state index in [4.69, 9.17) is 4.65 Å². The topological polar surface area (TPSA) is 61.4 Å². The van der Waals surface area contributed by atoms with Crippen LogP contribution in [0.5, 0.6) is 0 Å². The molecule has 3 aliphatic rings. The number of aryl methyl sites for hydroxylation is 1. The Morgan fingerprint density at radius 2 is 2.10 bits per heavy atom. The molecule has 5 nitrogen and oxygen atoms in total. The van der Waals surface area contributed by atoms with Crippen molar-refractivity contribution in [3.05, 3.63) is 53.9 Å².